The Bertz CT molecular complexity index is 1350. The lowest BCUT2D eigenvalue weighted by Gasteiger charge is -2.27. The van der Waals surface area contributed by atoms with Gasteiger partial charge in [0.15, 0.2) is 5.65 Å². The number of hydrogen-bond donors (Lipinski definition) is 4. The highest BCUT2D eigenvalue weighted by Gasteiger charge is 2.22. The Labute approximate surface area is 178 Å². The molecular weight excluding hydrogens is 390 g/mol. The smallest absolute Gasteiger partial charge is 0.181 e. The standard InChI is InChI=1S/C23H23N7O/c1-23(2,3)22(31)27-16-6-13(9-25-12-16)14-7-17-20(29-30-21(17)26-11-14)19-8-15-10-24-5-4-18(15)28-19/h4-12,22,27-28,31H,1-3H3,(H,26,29,30). The van der Waals surface area contributed by atoms with Gasteiger partial charge in [0.05, 0.1) is 23.3 Å². The second kappa shape index (κ2) is 7.17. The first kappa shape index (κ1) is 19.2. The van der Waals surface area contributed by atoms with Crippen LogP contribution >= 0.6 is 0 Å². The van der Waals surface area contributed by atoms with Crippen LogP contribution in [0.4, 0.5) is 5.69 Å². The first-order chi connectivity index (χ1) is 14.9. The Hall–Kier alpha value is -3.78. The molecule has 0 saturated heterocycles. The number of H-pyrrole nitrogens is 2. The van der Waals surface area contributed by atoms with Crippen molar-refractivity contribution >= 4 is 27.6 Å². The van der Waals surface area contributed by atoms with Gasteiger partial charge in [-0.3, -0.25) is 15.1 Å². The second-order valence-corrected chi connectivity index (χ2v) is 8.71. The number of nitrogens with one attached hydrogen (secondary N) is 3. The van der Waals surface area contributed by atoms with Crippen LogP contribution in [-0.2, 0) is 0 Å². The number of aliphatic hydroxyl groups excluding tert-OH is 1. The first-order valence-corrected chi connectivity index (χ1v) is 10.1. The third-order valence-electron chi connectivity index (χ3n) is 5.30. The van der Waals surface area contributed by atoms with Crippen molar-refractivity contribution in [2.24, 2.45) is 5.41 Å². The normalized spacial score (nSPS) is 13.0. The summed E-state index contributed by atoms with van der Waals surface area (Å²) in [6.07, 6.45) is 8.16. The van der Waals surface area contributed by atoms with E-state index >= 15 is 0 Å². The molecule has 31 heavy (non-hydrogen) atoms. The van der Waals surface area contributed by atoms with Crippen LogP contribution in [0.5, 0.6) is 0 Å². The van der Waals surface area contributed by atoms with Gasteiger partial charge < -0.3 is 15.4 Å². The van der Waals surface area contributed by atoms with Crippen LogP contribution in [0.3, 0.4) is 0 Å². The Morgan fingerprint density at radius 2 is 1.84 bits per heavy atom. The molecule has 0 aliphatic heterocycles. The van der Waals surface area contributed by atoms with Crippen LogP contribution < -0.4 is 5.32 Å². The highest BCUT2D eigenvalue weighted by Crippen LogP contribution is 2.31. The summed E-state index contributed by atoms with van der Waals surface area (Å²) in [6, 6.07) is 7.99. The molecule has 0 spiro atoms. The second-order valence-electron chi connectivity index (χ2n) is 8.71. The molecule has 5 aromatic heterocycles. The zero-order valence-corrected chi connectivity index (χ0v) is 17.5. The molecule has 156 valence electrons. The van der Waals surface area contributed by atoms with Crippen molar-refractivity contribution in [3.8, 4) is 22.5 Å². The summed E-state index contributed by atoms with van der Waals surface area (Å²) in [7, 11) is 0. The Morgan fingerprint density at radius 1 is 1.00 bits per heavy atom. The van der Waals surface area contributed by atoms with Gasteiger partial charge in [0.25, 0.3) is 0 Å². The number of aromatic amines is 2. The molecule has 0 bridgehead atoms. The van der Waals surface area contributed by atoms with Crippen molar-refractivity contribution in [3.05, 3.63) is 55.2 Å². The van der Waals surface area contributed by atoms with E-state index < -0.39 is 6.23 Å². The van der Waals surface area contributed by atoms with E-state index in [1.807, 2.05) is 51.2 Å². The number of anilines is 1. The van der Waals surface area contributed by atoms with Crippen LogP contribution in [0.25, 0.3) is 44.5 Å². The Morgan fingerprint density at radius 3 is 2.65 bits per heavy atom. The number of fused-ring (bicyclic) bond motifs is 2. The first-order valence-electron chi connectivity index (χ1n) is 10.1. The molecule has 0 aliphatic rings. The molecule has 1 unspecified atom stereocenters. The molecule has 0 amide bonds. The van der Waals surface area contributed by atoms with Gasteiger partial charge in [-0.25, -0.2) is 4.98 Å². The predicted octanol–water partition coefficient (Wildman–Crippen LogP) is 4.34. The van der Waals surface area contributed by atoms with Crippen LogP contribution in [0.1, 0.15) is 20.8 Å². The van der Waals surface area contributed by atoms with E-state index in [1.54, 1.807) is 24.8 Å². The van der Waals surface area contributed by atoms with Crippen LogP contribution in [-0.4, -0.2) is 41.5 Å². The maximum absolute atomic E-state index is 10.4. The van der Waals surface area contributed by atoms with Crippen molar-refractivity contribution in [2.75, 3.05) is 5.32 Å². The van der Waals surface area contributed by atoms with Gasteiger partial charge in [0.1, 0.15) is 6.23 Å². The van der Waals surface area contributed by atoms with Crippen LogP contribution in [0.15, 0.2) is 55.2 Å². The molecule has 8 nitrogen and oxygen atoms in total. The molecule has 5 rings (SSSR count). The summed E-state index contributed by atoms with van der Waals surface area (Å²) in [5.41, 5.74) is 5.70. The summed E-state index contributed by atoms with van der Waals surface area (Å²) in [5.74, 6) is 0. The van der Waals surface area contributed by atoms with Gasteiger partial charge >= 0.3 is 0 Å². The predicted molar refractivity (Wildman–Crippen MR) is 121 cm³/mol. The zero-order valence-electron chi connectivity index (χ0n) is 17.5. The van der Waals surface area contributed by atoms with Crippen molar-refractivity contribution in [2.45, 2.75) is 27.0 Å². The minimum atomic E-state index is -0.692. The number of pyridine rings is 3. The third-order valence-corrected chi connectivity index (χ3v) is 5.30. The van der Waals surface area contributed by atoms with Crippen LogP contribution in [0, 0.1) is 5.41 Å². The molecule has 5 aromatic rings. The molecule has 1 atom stereocenters. The number of rotatable bonds is 4. The third kappa shape index (κ3) is 3.62. The van der Waals surface area contributed by atoms with E-state index in [2.05, 4.69) is 35.5 Å². The molecule has 0 fully saturated rings. The van der Waals surface area contributed by atoms with Gasteiger partial charge in [0, 0.05) is 57.6 Å². The zero-order chi connectivity index (χ0) is 21.6. The molecule has 0 radical (unpaired) electrons. The summed E-state index contributed by atoms with van der Waals surface area (Å²) < 4.78 is 0. The lowest BCUT2D eigenvalue weighted by Crippen LogP contribution is -2.33. The SMILES string of the molecule is CC(C)(C)C(O)Nc1cncc(-c2cnc3n[nH]c(-c4cc5cnccc5[nH]4)c3c2)c1. The number of aromatic nitrogens is 6. The average molecular weight is 413 g/mol. The summed E-state index contributed by atoms with van der Waals surface area (Å²) in [6.45, 7) is 5.92. The maximum atomic E-state index is 10.4. The molecule has 5 heterocycles. The summed E-state index contributed by atoms with van der Waals surface area (Å²) in [4.78, 5) is 16.4. The topological polar surface area (TPSA) is 115 Å². The average Bonchev–Trinajstić information content (AvgIpc) is 3.36. The molecular formula is C23H23N7O. The van der Waals surface area contributed by atoms with E-state index in [0.717, 1.165) is 44.5 Å². The lowest BCUT2D eigenvalue weighted by atomic mass is 9.94. The quantitative estimate of drug-likeness (QED) is 0.326. The highest BCUT2D eigenvalue weighted by atomic mass is 16.3. The van der Waals surface area contributed by atoms with E-state index in [-0.39, 0.29) is 5.41 Å². The van der Waals surface area contributed by atoms with E-state index in [1.165, 1.54) is 0 Å². The van der Waals surface area contributed by atoms with Gasteiger partial charge in [-0.1, -0.05) is 20.8 Å². The minimum absolute atomic E-state index is 0.294. The summed E-state index contributed by atoms with van der Waals surface area (Å²) in [5, 5.41) is 22.9. The van der Waals surface area contributed by atoms with Crippen molar-refractivity contribution < 1.29 is 5.11 Å². The molecule has 0 aliphatic carbocycles. The van der Waals surface area contributed by atoms with Crippen LogP contribution in [0.2, 0.25) is 0 Å². The lowest BCUT2D eigenvalue weighted by molar-refractivity contribution is 0.0880. The van der Waals surface area contributed by atoms with E-state index in [4.69, 9.17) is 0 Å². The molecule has 8 heteroatoms. The largest absolute Gasteiger partial charge is 0.373 e. The Balaban J connectivity index is 1.53. The fourth-order valence-electron chi connectivity index (χ4n) is 3.42. The number of nitrogens with zero attached hydrogens (tertiary/aromatic N) is 4. The van der Waals surface area contributed by atoms with Gasteiger partial charge in [-0.2, -0.15) is 5.10 Å². The number of hydrogen-bond acceptors (Lipinski definition) is 6. The fraction of sp³-hybridized carbons (Fsp3) is 0.217. The van der Waals surface area contributed by atoms with Gasteiger partial charge in [0.2, 0.25) is 0 Å². The fourth-order valence-corrected chi connectivity index (χ4v) is 3.42. The molecule has 4 N–H and O–H groups in total. The Kier molecular flexibility index (Phi) is 4.44. The highest BCUT2D eigenvalue weighted by molar-refractivity contribution is 5.95. The molecule has 0 aromatic carbocycles. The van der Waals surface area contributed by atoms with E-state index in [0.29, 0.717) is 5.65 Å². The van der Waals surface area contributed by atoms with Gasteiger partial charge in [-0.05, 0) is 24.3 Å². The monoisotopic (exact) mass is 413 g/mol. The van der Waals surface area contributed by atoms with Gasteiger partial charge in [-0.15, -0.1) is 0 Å². The minimum Gasteiger partial charge on any atom is -0.373 e. The van der Waals surface area contributed by atoms with Crippen molar-refractivity contribution in [1.29, 1.82) is 0 Å². The number of aliphatic hydroxyl groups is 1. The maximum Gasteiger partial charge on any atom is 0.181 e. The van der Waals surface area contributed by atoms with Crippen molar-refractivity contribution in [1.82, 2.24) is 30.1 Å². The van der Waals surface area contributed by atoms with E-state index in [9.17, 15) is 5.11 Å². The summed E-state index contributed by atoms with van der Waals surface area (Å²) >= 11 is 0. The van der Waals surface area contributed by atoms with Crippen molar-refractivity contribution in [3.63, 3.8) is 0 Å². The molecule has 0 saturated carbocycles.